The maximum atomic E-state index is 12.6. The number of carbonyl (C=O) groups excluding carboxylic acids is 2. The molecule has 3 rings (SSSR count). The van der Waals surface area contributed by atoms with Gasteiger partial charge in [-0.25, -0.2) is 8.42 Å². The number of anilines is 2. The van der Waals surface area contributed by atoms with Gasteiger partial charge in [0, 0.05) is 18.7 Å². The van der Waals surface area contributed by atoms with Gasteiger partial charge in [0.2, 0.25) is 10.0 Å². The van der Waals surface area contributed by atoms with E-state index in [0.717, 1.165) is 19.1 Å². The van der Waals surface area contributed by atoms with Gasteiger partial charge in [0.15, 0.2) is 0 Å². The van der Waals surface area contributed by atoms with E-state index in [4.69, 9.17) is 16.3 Å². The summed E-state index contributed by atoms with van der Waals surface area (Å²) in [5.41, 5.74) is 1.06. The fourth-order valence-corrected chi connectivity index (χ4v) is 3.89. The van der Waals surface area contributed by atoms with Crippen molar-refractivity contribution in [3.05, 3.63) is 58.6 Å². The molecular formula is C20H22ClN3O5S. The first-order valence-electron chi connectivity index (χ1n) is 9.30. The summed E-state index contributed by atoms with van der Waals surface area (Å²) in [6.07, 6.45) is 2.90. The Morgan fingerprint density at radius 3 is 2.57 bits per heavy atom. The molecule has 3 N–H and O–H groups in total. The predicted octanol–water partition coefficient (Wildman–Crippen LogP) is 2.87. The molecule has 0 spiro atoms. The summed E-state index contributed by atoms with van der Waals surface area (Å²) in [5.74, 6) is -0.797. The Bertz CT molecular complexity index is 1050. The Labute approximate surface area is 180 Å². The zero-order chi connectivity index (χ0) is 21.7. The lowest BCUT2D eigenvalue weighted by Gasteiger charge is -2.14. The molecule has 1 saturated heterocycles. The van der Waals surface area contributed by atoms with Gasteiger partial charge in [-0.1, -0.05) is 23.7 Å². The van der Waals surface area contributed by atoms with E-state index in [1.807, 2.05) is 0 Å². The SMILES string of the molecule is CS(=O)(=O)Nc1ccc(C(=O)Nc2ccccc2C(=O)NC[C@@H]2CCCO2)cc1Cl. The van der Waals surface area contributed by atoms with Gasteiger partial charge in [-0.05, 0) is 43.2 Å². The molecule has 0 aromatic heterocycles. The first kappa shape index (κ1) is 22.1. The van der Waals surface area contributed by atoms with E-state index in [0.29, 0.717) is 24.4 Å². The van der Waals surface area contributed by atoms with Crippen LogP contribution in [0.4, 0.5) is 11.4 Å². The second kappa shape index (κ2) is 9.46. The van der Waals surface area contributed by atoms with E-state index in [-0.39, 0.29) is 28.3 Å². The lowest BCUT2D eigenvalue weighted by molar-refractivity contribution is 0.0858. The van der Waals surface area contributed by atoms with Crippen molar-refractivity contribution in [1.82, 2.24) is 5.32 Å². The molecule has 10 heteroatoms. The third-order valence-electron chi connectivity index (χ3n) is 4.46. The minimum Gasteiger partial charge on any atom is -0.376 e. The summed E-state index contributed by atoms with van der Waals surface area (Å²) < 4.78 is 30.5. The lowest BCUT2D eigenvalue weighted by atomic mass is 10.1. The normalized spacial score (nSPS) is 16.1. The maximum absolute atomic E-state index is 12.6. The minimum absolute atomic E-state index is 0.0110. The Hall–Kier alpha value is -2.62. The molecule has 0 bridgehead atoms. The molecule has 1 fully saturated rings. The monoisotopic (exact) mass is 451 g/mol. The van der Waals surface area contributed by atoms with Gasteiger partial charge in [0.25, 0.3) is 11.8 Å². The summed E-state index contributed by atoms with van der Waals surface area (Å²) >= 11 is 6.08. The zero-order valence-electron chi connectivity index (χ0n) is 16.3. The number of halogens is 1. The first-order valence-corrected chi connectivity index (χ1v) is 11.6. The Balaban J connectivity index is 1.71. The average molecular weight is 452 g/mol. The fraction of sp³-hybridized carbons (Fsp3) is 0.300. The molecule has 160 valence electrons. The number of ether oxygens (including phenoxy) is 1. The highest BCUT2D eigenvalue weighted by atomic mass is 35.5. The number of amides is 2. The van der Waals surface area contributed by atoms with E-state index in [9.17, 15) is 18.0 Å². The molecule has 2 aromatic rings. The highest BCUT2D eigenvalue weighted by molar-refractivity contribution is 7.92. The summed E-state index contributed by atoms with van der Waals surface area (Å²) in [4.78, 5) is 25.2. The van der Waals surface area contributed by atoms with Gasteiger partial charge >= 0.3 is 0 Å². The van der Waals surface area contributed by atoms with Crippen LogP contribution in [-0.2, 0) is 14.8 Å². The third kappa shape index (κ3) is 5.94. The van der Waals surface area contributed by atoms with Crippen molar-refractivity contribution in [3.8, 4) is 0 Å². The number of benzene rings is 2. The van der Waals surface area contributed by atoms with E-state index >= 15 is 0 Å². The van der Waals surface area contributed by atoms with E-state index < -0.39 is 15.9 Å². The molecule has 30 heavy (non-hydrogen) atoms. The van der Waals surface area contributed by atoms with Crippen molar-refractivity contribution in [2.75, 3.05) is 29.4 Å². The topological polar surface area (TPSA) is 114 Å². The summed E-state index contributed by atoms with van der Waals surface area (Å²) in [5, 5.41) is 5.61. The summed E-state index contributed by atoms with van der Waals surface area (Å²) in [6, 6.07) is 10.8. The van der Waals surface area contributed by atoms with Crippen LogP contribution in [0, 0.1) is 0 Å². The number of para-hydroxylation sites is 1. The van der Waals surface area contributed by atoms with Crippen LogP contribution in [0.25, 0.3) is 0 Å². The molecule has 0 radical (unpaired) electrons. The third-order valence-corrected chi connectivity index (χ3v) is 5.36. The smallest absolute Gasteiger partial charge is 0.255 e. The van der Waals surface area contributed by atoms with Crippen LogP contribution in [-0.4, -0.2) is 45.7 Å². The van der Waals surface area contributed by atoms with Gasteiger partial charge in [-0.3, -0.25) is 14.3 Å². The predicted molar refractivity (Wildman–Crippen MR) is 116 cm³/mol. The average Bonchev–Trinajstić information content (AvgIpc) is 3.20. The van der Waals surface area contributed by atoms with Crippen LogP contribution in [0.2, 0.25) is 5.02 Å². The van der Waals surface area contributed by atoms with Crippen LogP contribution in [0.3, 0.4) is 0 Å². The molecule has 1 aliphatic heterocycles. The molecule has 1 heterocycles. The molecule has 0 unspecified atom stereocenters. The van der Waals surface area contributed by atoms with E-state index in [1.165, 1.54) is 18.2 Å². The highest BCUT2D eigenvalue weighted by Gasteiger charge is 2.19. The van der Waals surface area contributed by atoms with Crippen LogP contribution in [0.5, 0.6) is 0 Å². The molecule has 8 nitrogen and oxygen atoms in total. The van der Waals surface area contributed by atoms with Crippen LogP contribution >= 0.6 is 11.6 Å². The molecule has 1 atom stereocenters. The van der Waals surface area contributed by atoms with Crippen LogP contribution in [0.1, 0.15) is 33.6 Å². The van der Waals surface area contributed by atoms with Gasteiger partial charge in [-0.15, -0.1) is 0 Å². The summed E-state index contributed by atoms with van der Waals surface area (Å²) in [6.45, 7) is 1.11. The first-order chi connectivity index (χ1) is 14.2. The Morgan fingerprint density at radius 1 is 1.13 bits per heavy atom. The number of nitrogens with one attached hydrogen (secondary N) is 3. The molecular weight excluding hydrogens is 430 g/mol. The Morgan fingerprint density at radius 2 is 1.90 bits per heavy atom. The molecule has 2 aromatic carbocycles. The van der Waals surface area contributed by atoms with E-state index in [2.05, 4.69) is 15.4 Å². The van der Waals surface area contributed by atoms with Crippen molar-refractivity contribution >= 4 is 44.8 Å². The number of carbonyl (C=O) groups is 2. The summed E-state index contributed by atoms with van der Waals surface area (Å²) in [7, 11) is -3.50. The van der Waals surface area contributed by atoms with E-state index in [1.54, 1.807) is 24.3 Å². The van der Waals surface area contributed by atoms with Crippen molar-refractivity contribution in [1.29, 1.82) is 0 Å². The zero-order valence-corrected chi connectivity index (χ0v) is 17.8. The minimum atomic E-state index is -3.50. The highest BCUT2D eigenvalue weighted by Crippen LogP contribution is 2.25. The number of rotatable bonds is 7. The second-order valence-corrected chi connectivity index (χ2v) is 9.07. The molecule has 0 aliphatic carbocycles. The van der Waals surface area contributed by atoms with Crippen molar-refractivity contribution in [2.24, 2.45) is 0 Å². The molecule has 0 saturated carbocycles. The largest absolute Gasteiger partial charge is 0.376 e. The number of hydrogen-bond donors (Lipinski definition) is 3. The Kier molecular flexibility index (Phi) is 6.96. The van der Waals surface area contributed by atoms with Gasteiger partial charge in [-0.2, -0.15) is 0 Å². The van der Waals surface area contributed by atoms with Crippen molar-refractivity contribution in [2.45, 2.75) is 18.9 Å². The van der Waals surface area contributed by atoms with Crippen molar-refractivity contribution < 1.29 is 22.7 Å². The molecule has 2 amide bonds. The fourth-order valence-electron chi connectivity index (χ4n) is 3.03. The standard InChI is InChI=1S/C20H22ClN3O5S/c1-30(27,28)24-18-9-8-13(11-16(18)21)19(25)23-17-7-3-2-6-15(17)20(26)22-12-14-5-4-10-29-14/h2-3,6-9,11,14,24H,4-5,10,12H2,1H3,(H,22,26)(H,23,25)/t14-/m0/s1. The van der Waals surface area contributed by atoms with Crippen LogP contribution < -0.4 is 15.4 Å². The van der Waals surface area contributed by atoms with Crippen LogP contribution in [0.15, 0.2) is 42.5 Å². The number of sulfonamides is 1. The van der Waals surface area contributed by atoms with Gasteiger partial charge in [0.05, 0.1) is 34.3 Å². The lowest BCUT2D eigenvalue weighted by Crippen LogP contribution is -2.32. The quantitative estimate of drug-likeness (QED) is 0.599. The maximum Gasteiger partial charge on any atom is 0.255 e. The van der Waals surface area contributed by atoms with Crippen molar-refractivity contribution in [3.63, 3.8) is 0 Å². The second-order valence-electron chi connectivity index (χ2n) is 6.91. The number of hydrogen-bond acceptors (Lipinski definition) is 5. The van der Waals surface area contributed by atoms with Gasteiger partial charge < -0.3 is 15.4 Å². The molecule has 1 aliphatic rings. The van der Waals surface area contributed by atoms with Gasteiger partial charge in [0.1, 0.15) is 0 Å².